The van der Waals surface area contributed by atoms with Gasteiger partial charge in [-0.25, -0.2) is 8.42 Å². The fourth-order valence-corrected chi connectivity index (χ4v) is 4.25. The smallest absolute Gasteiger partial charge is 0.232 e. The third kappa shape index (κ3) is 6.13. The van der Waals surface area contributed by atoms with Crippen molar-refractivity contribution >= 4 is 50.5 Å². The first-order valence-corrected chi connectivity index (χ1v) is 11.0. The highest BCUT2D eigenvalue weighted by Gasteiger charge is 2.20. The zero-order valence-electron chi connectivity index (χ0n) is 15.4. The third-order valence-electron chi connectivity index (χ3n) is 4.16. The van der Waals surface area contributed by atoms with Crippen LogP contribution in [0.2, 0.25) is 10.0 Å². The molecule has 0 radical (unpaired) electrons. The molecular weight excluding hydrogens is 407 g/mol. The van der Waals surface area contributed by atoms with E-state index < -0.39 is 10.0 Å². The molecule has 27 heavy (non-hydrogen) atoms. The van der Waals surface area contributed by atoms with Crippen molar-refractivity contribution in [2.75, 3.05) is 22.4 Å². The number of nitrogens with zero attached hydrogens (tertiary/aromatic N) is 1. The summed E-state index contributed by atoms with van der Waals surface area (Å²) in [5.74, 6) is -0.234. The number of carbonyl (C=O) groups is 1. The van der Waals surface area contributed by atoms with Gasteiger partial charge in [0.05, 0.1) is 11.9 Å². The number of benzene rings is 2. The fourth-order valence-electron chi connectivity index (χ4n) is 2.70. The maximum absolute atomic E-state index is 12.2. The molecule has 8 heteroatoms. The molecule has 0 saturated heterocycles. The Balaban J connectivity index is 2.03. The van der Waals surface area contributed by atoms with Crippen LogP contribution < -0.4 is 9.62 Å². The van der Waals surface area contributed by atoms with Crippen molar-refractivity contribution in [3.8, 4) is 0 Å². The van der Waals surface area contributed by atoms with E-state index in [1.165, 1.54) is 10.6 Å². The quantitative estimate of drug-likeness (QED) is 0.688. The molecule has 0 unspecified atom stereocenters. The van der Waals surface area contributed by atoms with Crippen LogP contribution in [0.4, 0.5) is 11.4 Å². The summed E-state index contributed by atoms with van der Waals surface area (Å²) < 4.78 is 25.8. The summed E-state index contributed by atoms with van der Waals surface area (Å²) >= 11 is 11.8. The molecule has 0 aliphatic rings. The average molecular weight is 429 g/mol. The lowest BCUT2D eigenvalue weighted by Crippen LogP contribution is -2.32. The highest BCUT2D eigenvalue weighted by molar-refractivity contribution is 7.92. The van der Waals surface area contributed by atoms with Crippen LogP contribution in [0.25, 0.3) is 0 Å². The van der Waals surface area contributed by atoms with Gasteiger partial charge in [0.25, 0.3) is 0 Å². The first-order chi connectivity index (χ1) is 12.6. The van der Waals surface area contributed by atoms with Crippen molar-refractivity contribution in [3.63, 3.8) is 0 Å². The zero-order valence-corrected chi connectivity index (χ0v) is 17.7. The Morgan fingerprint density at radius 2 is 1.74 bits per heavy atom. The van der Waals surface area contributed by atoms with Crippen LogP contribution in [0.5, 0.6) is 0 Å². The van der Waals surface area contributed by atoms with Crippen molar-refractivity contribution in [1.82, 2.24) is 0 Å². The van der Waals surface area contributed by atoms with Gasteiger partial charge in [-0.3, -0.25) is 9.10 Å². The number of halogens is 2. The van der Waals surface area contributed by atoms with Crippen LogP contribution in [0, 0.1) is 13.8 Å². The molecule has 0 fully saturated rings. The van der Waals surface area contributed by atoms with Gasteiger partial charge < -0.3 is 5.32 Å². The van der Waals surface area contributed by atoms with Gasteiger partial charge in [-0.1, -0.05) is 35.3 Å². The maximum Gasteiger partial charge on any atom is 0.232 e. The van der Waals surface area contributed by atoms with E-state index in [2.05, 4.69) is 5.32 Å². The molecule has 0 bridgehead atoms. The minimum absolute atomic E-state index is 0.168. The van der Waals surface area contributed by atoms with Crippen LogP contribution in [0.1, 0.15) is 24.0 Å². The first-order valence-electron chi connectivity index (χ1n) is 8.38. The lowest BCUT2D eigenvalue weighted by molar-refractivity contribution is -0.116. The van der Waals surface area contributed by atoms with E-state index in [9.17, 15) is 13.2 Å². The summed E-state index contributed by atoms with van der Waals surface area (Å²) in [6, 6.07) is 10.3. The Morgan fingerprint density at radius 1 is 1.11 bits per heavy atom. The summed E-state index contributed by atoms with van der Waals surface area (Å²) in [5, 5.41) is 3.57. The first kappa shape index (κ1) is 21.5. The molecule has 0 atom stereocenters. The number of carbonyl (C=O) groups excluding carboxylic acids is 1. The molecule has 0 heterocycles. The molecule has 5 nitrogen and oxygen atoms in total. The molecule has 0 aromatic heterocycles. The summed E-state index contributed by atoms with van der Waals surface area (Å²) in [5.41, 5.74) is 3.06. The molecule has 0 aliphatic heterocycles. The Kier molecular flexibility index (Phi) is 7.14. The summed E-state index contributed by atoms with van der Waals surface area (Å²) in [7, 11) is -3.46. The predicted molar refractivity (Wildman–Crippen MR) is 112 cm³/mol. The number of amides is 1. The van der Waals surface area contributed by atoms with Gasteiger partial charge in [0.1, 0.15) is 0 Å². The van der Waals surface area contributed by atoms with Gasteiger partial charge in [0.2, 0.25) is 15.9 Å². The van der Waals surface area contributed by atoms with Gasteiger partial charge in [-0.2, -0.15) is 0 Å². The minimum atomic E-state index is -3.46. The van der Waals surface area contributed by atoms with E-state index in [0.717, 1.165) is 11.1 Å². The molecular formula is C19H22Cl2N2O3S. The lowest BCUT2D eigenvalue weighted by atomic mass is 10.1. The minimum Gasteiger partial charge on any atom is -0.326 e. The van der Waals surface area contributed by atoms with Gasteiger partial charge in [-0.15, -0.1) is 0 Å². The Labute approximate surface area is 170 Å². The molecule has 1 amide bonds. The molecule has 1 N–H and O–H groups in total. The highest BCUT2D eigenvalue weighted by atomic mass is 35.5. The van der Waals surface area contributed by atoms with Crippen LogP contribution in [-0.4, -0.2) is 27.1 Å². The Hall–Kier alpha value is -1.76. The van der Waals surface area contributed by atoms with Crippen molar-refractivity contribution < 1.29 is 13.2 Å². The van der Waals surface area contributed by atoms with Crippen LogP contribution in [-0.2, 0) is 14.8 Å². The maximum atomic E-state index is 12.2. The zero-order chi connectivity index (χ0) is 20.2. The number of hydrogen-bond donors (Lipinski definition) is 1. The Bertz CT molecular complexity index is 926. The molecule has 2 aromatic carbocycles. The largest absolute Gasteiger partial charge is 0.326 e. The highest BCUT2D eigenvalue weighted by Crippen LogP contribution is 2.26. The number of rotatable bonds is 7. The second-order valence-corrected chi connectivity index (χ2v) is 9.14. The topological polar surface area (TPSA) is 66.5 Å². The second-order valence-electron chi connectivity index (χ2n) is 6.36. The van der Waals surface area contributed by atoms with E-state index in [1.807, 2.05) is 26.0 Å². The molecule has 2 aromatic rings. The van der Waals surface area contributed by atoms with Gasteiger partial charge in [0.15, 0.2) is 0 Å². The lowest BCUT2D eigenvalue weighted by Gasteiger charge is -2.24. The van der Waals surface area contributed by atoms with E-state index in [1.54, 1.807) is 24.3 Å². The molecule has 2 rings (SSSR count). The van der Waals surface area contributed by atoms with Gasteiger partial charge >= 0.3 is 0 Å². The van der Waals surface area contributed by atoms with E-state index >= 15 is 0 Å². The monoisotopic (exact) mass is 428 g/mol. The van der Waals surface area contributed by atoms with E-state index in [-0.39, 0.29) is 18.9 Å². The number of sulfonamides is 1. The predicted octanol–water partition coefficient (Wildman–Crippen LogP) is 4.80. The van der Waals surface area contributed by atoms with Crippen LogP contribution in [0.15, 0.2) is 36.4 Å². The van der Waals surface area contributed by atoms with Crippen molar-refractivity contribution in [2.24, 2.45) is 0 Å². The number of nitrogens with one attached hydrogen (secondary N) is 1. The number of anilines is 2. The SMILES string of the molecule is Cc1cccc(N(CCCC(=O)Nc2cc(Cl)cc(Cl)c2)S(C)(=O)=O)c1C. The second kappa shape index (κ2) is 8.95. The van der Waals surface area contributed by atoms with Crippen LogP contribution >= 0.6 is 23.2 Å². The molecule has 0 aliphatic carbocycles. The third-order valence-corrected chi connectivity index (χ3v) is 5.77. The molecule has 0 spiro atoms. The summed E-state index contributed by atoms with van der Waals surface area (Å²) in [6.07, 6.45) is 1.71. The number of hydrogen-bond acceptors (Lipinski definition) is 3. The number of aryl methyl sites for hydroxylation is 1. The van der Waals surface area contributed by atoms with E-state index in [4.69, 9.17) is 23.2 Å². The van der Waals surface area contributed by atoms with Crippen molar-refractivity contribution in [2.45, 2.75) is 26.7 Å². The normalized spacial score (nSPS) is 11.3. The van der Waals surface area contributed by atoms with Gasteiger partial charge in [0, 0.05) is 28.7 Å². The summed E-state index contributed by atoms with van der Waals surface area (Å²) in [6.45, 7) is 4.04. The average Bonchev–Trinajstić information content (AvgIpc) is 2.52. The van der Waals surface area contributed by atoms with E-state index in [0.29, 0.717) is 27.8 Å². The Morgan fingerprint density at radius 3 is 2.33 bits per heavy atom. The summed E-state index contributed by atoms with van der Waals surface area (Å²) in [4.78, 5) is 12.2. The van der Waals surface area contributed by atoms with Crippen molar-refractivity contribution in [3.05, 3.63) is 57.6 Å². The van der Waals surface area contributed by atoms with Crippen LogP contribution in [0.3, 0.4) is 0 Å². The molecule has 146 valence electrons. The standard InChI is InChI=1S/C19H22Cl2N2O3S/c1-13-6-4-7-18(14(13)2)23(27(3,25)26)9-5-8-19(24)22-17-11-15(20)10-16(21)12-17/h4,6-7,10-12H,5,8-9H2,1-3H3,(H,22,24). The van der Waals surface area contributed by atoms with Gasteiger partial charge in [-0.05, 0) is 55.7 Å². The van der Waals surface area contributed by atoms with Crippen molar-refractivity contribution in [1.29, 1.82) is 0 Å². The fraction of sp³-hybridized carbons (Fsp3) is 0.316. The molecule has 0 saturated carbocycles.